The number of piperazine rings is 1. The highest BCUT2D eigenvalue weighted by Crippen LogP contribution is 2.40. The van der Waals surface area contributed by atoms with Gasteiger partial charge in [0.25, 0.3) is 10.2 Å². The van der Waals surface area contributed by atoms with E-state index >= 15 is 0 Å². The first-order valence-corrected chi connectivity index (χ1v) is 9.10. The van der Waals surface area contributed by atoms with Gasteiger partial charge < -0.3 is 10.4 Å². The zero-order chi connectivity index (χ0) is 14.2. The number of hydrogen-bond acceptors (Lipinski definition) is 4. The molecule has 2 N–H and O–H groups in total. The van der Waals surface area contributed by atoms with E-state index in [2.05, 4.69) is 5.32 Å². The number of fused-ring (bicyclic) bond motifs is 1. The van der Waals surface area contributed by atoms with E-state index in [0.29, 0.717) is 32.6 Å². The average molecular weight is 303 g/mol. The van der Waals surface area contributed by atoms with Gasteiger partial charge in [0.15, 0.2) is 0 Å². The van der Waals surface area contributed by atoms with Crippen LogP contribution in [-0.2, 0) is 10.2 Å². The molecule has 1 aliphatic carbocycles. The molecule has 0 aromatic carbocycles. The van der Waals surface area contributed by atoms with Crippen molar-refractivity contribution in [3.05, 3.63) is 0 Å². The van der Waals surface area contributed by atoms with Crippen LogP contribution in [0.25, 0.3) is 0 Å². The number of aliphatic hydroxyl groups is 1. The summed E-state index contributed by atoms with van der Waals surface area (Å²) in [7, 11) is -3.35. The largest absolute Gasteiger partial charge is 0.390 e. The Kier molecular flexibility index (Phi) is 4.07. The van der Waals surface area contributed by atoms with Gasteiger partial charge in [-0.3, -0.25) is 0 Å². The number of rotatable bonds is 2. The molecular weight excluding hydrogens is 278 g/mol. The van der Waals surface area contributed by atoms with Crippen LogP contribution in [0.15, 0.2) is 0 Å². The third-order valence-electron chi connectivity index (χ3n) is 5.12. The molecule has 3 aliphatic rings. The Morgan fingerprint density at radius 3 is 2.55 bits per heavy atom. The van der Waals surface area contributed by atoms with Crippen molar-refractivity contribution in [3.63, 3.8) is 0 Å². The third-order valence-corrected chi connectivity index (χ3v) is 7.12. The summed E-state index contributed by atoms with van der Waals surface area (Å²) in [4.78, 5) is 0. The van der Waals surface area contributed by atoms with Gasteiger partial charge in [-0.15, -0.1) is 0 Å². The van der Waals surface area contributed by atoms with Gasteiger partial charge >= 0.3 is 0 Å². The van der Waals surface area contributed by atoms with E-state index in [1.54, 1.807) is 8.61 Å². The van der Waals surface area contributed by atoms with Crippen LogP contribution in [0.1, 0.15) is 32.1 Å². The Balaban J connectivity index is 1.71. The van der Waals surface area contributed by atoms with Crippen molar-refractivity contribution >= 4 is 10.2 Å². The summed E-state index contributed by atoms with van der Waals surface area (Å²) >= 11 is 0. The van der Waals surface area contributed by atoms with Crippen LogP contribution in [0.4, 0.5) is 0 Å². The lowest BCUT2D eigenvalue weighted by atomic mass is 9.72. The Morgan fingerprint density at radius 2 is 1.80 bits per heavy atom. The maximum Gasteiger partial charge on any atom is 0.282 e. The summed E-state index contributed by atoms with van der Waals surface area (Å²) in [6.07, 6.45) is 4.54. The number of nitrogens with one attached hydrogen (secondary N) is 1. The van der Waals surface area contributed by atoms with E-state index in [9.17, 15) is 13.5 Å². The fourth-order valence-electron chi connectivity index (χ4n) is 3.79. The van der Waals surface area contributed by atoms with Gasteiger partial charge in [0.1, 0.15) is 0 Å². The first-order chi connectivity index (χ1) is 9.52. The predicted molar refractivity (Wildman–Crippen MR) is 76.5 cm³/mol. The highest BCUT2D eigenvalue weighted by Gasteiger charge is 2.46. The second kappa shape index (κ2) is 5.53. The normalized spacial score (nSPS) is 37.5. The van der Waals surface area contributed by atoms with Gasteiger partial charge in [-0.25, -0.2) is 0 Å². The van der Waals surface area contributed by atoms with Gasteiger partial charge in [0.05, 0.1) is 5.60 Å². The van der Waals surface area contributed by atoms with E-state index in [1.165, 1.54) is 0 Å². The van der Waals surface area contributed by atoms with E-state index in [4.69, 9.17) is 0 Å². The van der Waals surface area contributed by atoms with E-state index in [1.807, 2.05) is 0 Å². The minimum atomic E-state index is -3.35. The van der Waals surface area contributed by atoms with Crippen LogP contribution in [0, 0.1) is 5.92 Å². The van der Waals surface area contributed by atoms with E-state index < -0.39 is 15.8 Å². The molecule has 0 radical (unpaired) electrons. The molecule has 2 heterocycles. The molecule has 20 heavy (non-hydrogen) atoms. The van der Waals surface area contributed by atoms with Crippen molar-refractivity contribution in [1.82, 2.24) is 13.9 Å². The van der Waals surface area contributed by atoms with Gasteiger partial charge in [0, 0.05) is 45.2 Å². The lowest BCUT2D eigenvalue weighted by Crippen LogP contribution is -2.58. The molecule has 0 aromatic heterocycles. The SMILES string of the molecule is O=S(=O)(N1CCNCC1)N1CCC2(O)CCCCC2C1. The highest BCUT2D eigenvalue weighted by atomic mass is 32.2. The average Bonchev–Trinajstić information content (AvgIpc) is 2.47. The molecule has 3 fully saturated rings. The monoisotopic (exact) mass is 303 g/mol. The van der Waals surface area contributed by atoms with Crippen molar-refractivity contribution in [2.24, 2.45) is 5.92 Å². The Morgan fingerprint density at radius 1 is 1.05 bits per heavy atom. The Labute approximate surface area is 121 Å². The number of piperidine rings is 1. The number of nitrogens with zero attached hydrogens (tertiary/aromatic N) is 2. The molecule has 2 aliphatic heterocycles. The highest BCUT2D eigenvalue weighted by molar-refractivity contribution is 7.86. The zero-order valence-corrected chi connectivity index (χ0v) is 12.7. The summed E-state index contributed by atoms with van der Waals surface area (Å²) in [6, 6.07) is 0. The maximum atomic E-state index is 12.7. The van der Waals surface area contributed by atoms with Crippen molar-refractivity contribution < 1.29 is 13.5 Å². The van der Waals surface area contributed by atoms with Crippen LogP contribution in [0.2, 0.25) is 0 Å². The van der Waals surface area contributed by atoms with Crippen molar-refractivity contribution in [2.45, 2.75) is 37.7 Å². The van der Waals surface area contributed by atoms with Gasteiger partial charge in [-0.05, 0) is 19.3 Å². The minimum Gasteiger partial charge on any atom is -0.390 e. The van der Waals surface area contributed by atoms with Crippen LogP contribution >= 0.6 is 0 Å². The van der Waals surface area contributed by atoms with Crippen LogP contribution in [0.3, 0.4) is 0 Å². The Hall–Kier alpha value is -0.210. The van der Waals surface area contributed by atoms with E-state index in [-0.39, 0.29) is 5.92 Å². The minimum absolute atomic E-state index is 0.114. The molecule has 0 aromatic rings. The molecule has 7 heteroatoms. The second-order valence-electron chi connectivity index (χ2n) is 6.31. The molecule has 0 spiro atoms. The first-order valence-electron chi connectivity index (χ1n) is 7.71. The van der Waals surface area contributed by atoms with Crippen molar-refractivity contribution in [2.75, 3.05) is 39.3 Å². The van der Waals surface area contributed by atoms with E-state index in [0.717, 1.165) is 38.8 Å². The van der Waals surface area contributed by atoms with Crippen LogP contribution in [-0.4, -0.2) is 67.0 Å². The summed E-state index contributed by atoms with van der Waals surface area (Å²) in [5.41, 5.74) is -0.617. The molecule has 6 nitrogen and oxygen atoms in total. The molecule has 0 amide bonds. The lowest BCUT2D eigenvalue weighted by Gasteiger charge is -2.47. The molecule has 2 saturated heterocycles. The lowest BCUT2D eigenvalue weighted by molar-refractivity contribution is -0.0823. The number of hydrogen-bond donors (Lipinski definition) is 2. The molecule has 2 unspecified atom stereocenters. The van der Waals surface area contributed by atoms with Crippen molar-refractivity contribution in [3.8, 4) is 0 Å². The molecule has 1 saturated carbocycles. The third kappa shape index (κ3) is 2.62. The summed E-state index contributed by atoms with van der Waals surface area (Å²) < 4.78 is 28.5. The smallest absolute Gasteiger partial charge is 0.282 e. The molecule has 3 rings (SSSR count). The first kappa shape index (κ1) is 14.7. The van der Waals surface area contributed by atoms with Gasteiger partial charge in [0.2, 0.25) is 0 Å². The maximum absolute atomic E-state index is 12.7. The topological polar surface area (TPSA) is 72.9 Å². The van der Waals surface area contributed by atoms with Gasteiger partial charge in [-0.1, -0.05) is 12.8 Å². The van der Waals surface area contributed by atoms with Crippen molar-refractivity contribution in [1.29, 1.82) is 0 Å². The van der Waals surface area contributed by atoms with Crippen LogP contribution in [0.5, 0.6) is 0 Å². The molecule has 2 atom stereocenters. The fraction of sp³-hybridized carbons (Fsp3) is 1.00. The molecule has 116 valence electrons. The second-order valence-corrected chi connectivity index (χ2v) is 8.24. The fourth-order valence-corrected chi connectivity index (χ4v) is 5.45. The standard InChI is InChI=1S/C13H25N3O3S/c17-13-4-2-1-3-12(13)11-16(8-5-13)20(18,19)15-9-6-14-7-10-15/h12,14,17H,1-11H2. The quantitative estimate of drug-likeness (QED) is 0.739. The predicted octanol–water partition coefficient (Wildman–Crippen LogP) is -0.237. The summed E-state index contributed by atoms with van der Waals surface area (Å²) in [5.74, 6) is 0.114. The van der Waals surface area contributed by atoms with Crippen LogP contribution < -0.4 is 5.32 Å². The molecular formula is C13H25N3O3S. The summed E-state index contributed by atoms with van der Waals surface area (Å²) in [5, 5.41) is 13.8. The zero-order valence-electron chi connectivity index (χ0n) is 11.9. The Bertz CT molecular complexity index is 450. The van der Waals surface area contributed by atoms with Gasteiger partial charge in [-0.2, -0.15) is 17.0 Å². The summed E-state index contributed by atoms with van der Waals surface area (Å²) in [6.45, 7) is 3.49. The molecule has 0 bridgehead atoms.